The summed E-state index contributed by atoms with van der Waals surface area (Å²) in [5.41, 5.74) is 0.680. The van der Waals surface area contributed by atoms with Crippen LogP contribution in [-0.4, -0.2) is 44.1 Å². The maximum Gasteiger partial charge on any atom is 0.333 e. The number of amides is 1. The number of nitrogens with zero attached hydrogens (tertiary/aromatic N) is 1. The number of carbonyl (C=O) groups is 2. The molecule has 0 aliphatic carbocycles. The van der Waals surface area contributed by atoms with Crippen LogP contribution in [-0.2, 0) is 19.1 Å². The van der Waals surface area contributed by atoms with E-state index < -0.39 is 18.1 Å². The van der Waals surface area contributed by atoms with Crippen molar-refractivity contribution in [3.05, 3.63) is 34.3 Å². The molecule has 5 nitrogen and oxygen atoms in total. The number of halogens is 1. The number of carbonyl (C=O) groups excluding carboxylic acids is 2. The molecule has 1 rings (SSSR count). The van der Waals surface area contributed by atoms with E-state index in [4.69, 9.17) is 9.47 Å². The molecule has 110 valence electrons. The zero-order chi connectivity index (χ0) is 15.3. The van der Waals surface area contributed by atoms with Gasteiger partial charge in [0, 0.05) is 18.6 Å². The minimum Gasteiger partial charge on any atom is -0.467 e. The number of methoxy groups -OCH3 is 2. The van der Waals surface area contributed by atoms with Gasteiger partial charge in [-0.05, 0) is 24.6 Å². The largest absolute Gasteiger partial charge is 0.467 e. The topological polar surface area (TPSA) is 55.8 Å². The van der Waals surface area contributed by atoms with Gasteiger partial charge in [-0.2, -0.15) is 0 Å². The molecule has 0 aliphatic heterocycles. The standard InChI is InChI=1S/C14H18BrNO4/c1-9(19-3)13(17)16(2)12(14(18)20-4)10-5-7-11(15)8-6-10/h5-9,12H,1-4H3/t9-,12+/m0/s1. The Balaban J connectivity index is 3.09. The Hall–Kier alpha value is -1.40. The average molecular weight is 344 g/mol. The highest BCUT2D eigenvalue weighted by atomic mass is 79.9. The summed E-state index contributed by atoms with van der Waals surface area (Å²) in [4.78, 5) is 25.5. The van der Waals surface area contributed by atoms with Gasteiger partial charge in [-0.3, -0.25) is 4.79 Å². The van der Waals surface area contributed by atoms with Crippen LogP contribution in [0.4, 0.5) is 0 Å². The number of ether oxygens (including phenoxy) is 2. The molecule has 1 amide bonds. The van der Waals surface area contributed by atoms with Crippen molar-refractivity contribution in [2.45, 2.75) is 19.1 Å². The number of esters is 1. The van der Waals surface area contributed by atoms with E-state index >= 15 is 0 Å². The van der Waals surface area contributed by atoms with Crippen molar-refractivity contribution >= 4 is 27.8 Å². The zero-order valence-corrected chi connectivity index (χ0v) is 13.5. The summed E-state index contributed by atoms with van der Waals surface area (Å²) >= 11 is 3.33. The van der Waals surface area contributed by atoms with Gasteiger partial charge in [-0.25, -0.2) is 4.79 Å². The van der Waals surface area contributed by atoms with Crippen LogP contribution in [0.5, 0.6) is 0 Å². The van der Waals surface area contributed by atoms with Gasteiger partial charge in [-0.15, -0.1) is 0 Å². The lowest BCUT2D eigenvalue weighted by molar-refractivity contribution is -0.155. The summed E-state index contributed by atoms with van der Waals surface area (Å²) in [6.45, 7) is 1.63. The molecular weight excluding hydrogens is 326 g/mol. The summed E-state index contributed by atoms with van der Waals surface area (Å²) in [5.74, 6) is -0.780. The normalized spacial score (nSPS) is 13.4. The van der Waals surface area contributed by atoms with Crippen molar-refractivity contribution in [1.82, 2.24) is 4.90 Å². The van der Waals surface area contributed by atoms with Gasteiger partial charge in [0.1, 0.15) is 6.10 Å². The molecule has 6 heteroatoms. The molecule has 0 aromatic heterocycles. The first-order valence-corrected chi connectivity index (χ1v) is 6.84. The van der Waals surface area contributed by atoms with Crippen molar-refractivity contribution < 1.29 is 19.1 Å². The van der Waals surface area contributed by atoms with Gasteiger partial charge >= 0.3 is 5.97 Å². The second kappa shape index (κ2) is 7.40. The molecule has 0 fully saturated rings. The Labute approximate surface area is 127 Å². The lowest BCUT2D eigenvalue weighted by atomic mass is 10.1. The Morgan fingerprint density at radius 3 is 2.20 bits per heavy atom. The maximum atomic E-state index is 12.2. The third-order valence-electron chi connectivity index (χ3n) is 3.05. The van der Waals surface area contributed by atoms with Crippen LogP contribution in [0.3, 0.4) is 0 Å². The Kier molecular flexibility index (Phi) is 6.16. The molecule has 0 spiro atoms. The predicted octanol–water partition coefficient (Wildman–Crippen LogP) is 2.16. The molecule has 0 radical (unpaired) electrons. The number of hydrogen-bond acceptors (Lipinski definition) is 4. The number of benzene rings is 1. The molecule has 0 N–H and O–H groups in total. The molecule has 0 saturated carbocycles. The number of hydrogen-bond donors (Lipinski definition) is 0. The quantitative estimate of drug-likeness (QED) is 0.768. The van der Waals surface area contributed by atoms with Crippen LogP contribution in [0.15, 0.2) is 28.7 Å². The van der Waals surface area contributed by atoms with E-state index in [1.165, 1.54) is 19.1 Å². The fraction of sp³-hybridized carbons (Fsp3) is 0.429. The molecule has 20 heavy (non-hydrogen) atoms. The van der Waals surface area contributed by atoms with E-state index in [0.29, 0.717) is 5.56 Å². The van der Waals surface area contributed by atoms with Gasteiger partial charge < -0.3 is 14.4 Å². The Bertz CT molecular complexity index is 475. The highest BCUT2D eigenvalue weighted by Crippen LogP contribution is 2.23. The third-order valence-corrected chi connectivity index (χ3v) is 3.58. The van der Waals surface area contributed by atoms with Crippen molar-refractivity contribution in [3.8, 4) is 0 Å². The molecule has 1 aromatic carbocycles. The zero-order valence-electron chi connectivity index (χ0n) is 11.9. The van der Waals surface area contributed by atoms with E-state index in [1.54, 1.807) is 26.1 Å². The first-order valence-electron chi connectivity index (χ1n) is 6.05. The van der Waals surface area contributed by atoms with E-state index in [9.17, 15) is 9.59 Å². The van der Waals surface area contributed by atoms with Gasteiger partial charge in [0.15, 0.2) is 6.04 Å². The first kappa shape index (κ1) is 16.7. The molecule has 0 saturated heterocycles. The number of likely N-dealkylation sites (N-methyl/N-ethyl adjacent to an activating group) is 1. The van der Waals surface area contributed by atoms with E-state index in [1.807, 2.05) is 12.1 Å². The molecule has 1 aromatic rings. The lowest BCUT2D eigenvalue weighted by Crippen LogP contribution is -2.41. The summed E-state index contributed by atoms with van der Waals surface area (Å²) in [5, 5.41) is 0. The van der Waals surface area contributed by atoms with E-state index in [-0.39, 0.29) is 5.91 Å². The monoisotopic (exact) mass is 343 g/mol. The van der Waals surface area contributed by atoms with Crippen molar-refractivity contribution in [3.63, 3.8) is 0 Å². The fourth-order valence-corrected chi connectivity index (χ4v) is 2.05. The van der Waals surface area contributed by atoms with Crippen molar-refractivity contribution in [2.24, 2.45) is 0 Å². The molecule has 0 aliphatic rings. The van der Waals surface area contributed by atoms with Crippen LogP contribution in [0.1, 0.15) is 18.5 Å². The minimum atomic E-state index is -0.793. The third kappa shape index (κ3) is 3.80. The molecule has 0 heterocycles. The summed E-state index contributed by atoms with van der Waals surface area (Å²) < 4.78 is 10.7. The Morgan fingerprint density at radius 2 is 1.75 bits per heavy atom. The summed E-state index contributed by atoms with van der Waals surface area (Å²) in [6, 6.07) is 6.37. The van der Waals surface area contributed by atoms with Crippen LogP contribution in [0.2, 0.25) is 0 Å². The summed E-state index contributed by atoms with van der Waals surface area (Å²) in [6.07, 6.45) is -0.623. The summed E-state index contributed by atoms with van der Waals surface area (Å²) in [7, 11) is 4.30. The maximum absolute atomic E-state index is 12.2. The average Bonchev–Trinajstić information content (AvgIpc) is 2.47. The van der Waals surface area contributed by atoms with Crippen LogP contribution in [0, 0.1) is 0 Å². The minimum absolute atomic E-state index is 0.286. The second-order valence-corrected chi connectivity index (χ2v) is 5.22. The van der Waals surface area contributed by atoms with E-state index in [0.717, 1.165) is 4.47 Å². The predicted molar refractivity (Wildman–Crippen MR) is 78.1 cm³/mol. The Morgan fingerprint density at radius 1 is 1.20 bits per heavy atom. The van der Waals surface area contributed by atoms with Crippen LogP contribution in [0.25, 0.3) is 0 Å². The van der Waals surface area contributed by atoms with Gasteiger partial charge in [-0.1, -0.05) is 28.1 Å². The van der Waals surface area contributed by atoms with Crippen molar-refractivity contribution in [2.75, 3.05) is 21.3 Å². The van der Waals surface area contributed by atoms with Gasteiger partial charge in [0.25, 0.3) is 5.91 Å². The fourth-order valence-electron chi connectivity index (χ4n) is 1.79. The first-order chi connectivity index (χ1) is 9.42. The molecule has 0 bridgehead atoms. The molecule has 2 atom stereocenters. The molecule has 0 unspecified atom stereocenters. The highest BCUT2D eigenvalue weighted by Gasteiger charge is 2.31. The lowest BCUT2D eigenvalue weighted by Gasteiger charge is -2.28. The SMILES string of the molecule is COC(=O)[C@@H](c1ccc(Br)cc1)N(C)C(=O)[C@H](C)OC. The second-order valence-electron chi connectivity index (χ2n) is 4.30. The van der Waals surface area contributed by atoms with Crippen LogP contribution < -0.4 is 0 Å². The van der Waals surface area contributed by atoms with E-state index in [2.05, 4.69) is 15.9 Å². The number of rotatable bonds is 5. The van der Waals surface area contributed by atoms with Crippen LogP contribution >= 0.6 is 15.9 Å². The molecular formula is C14H18BrNO4. The highest BCUT2D eigenvalue weighted by molar-refractivity contribution is 9.10. The van der Waals surface area contributed by atoms with Gasteiger partial charge in [0.2, 0.25) is 0 Å². The van der Waals surface area contributed by atoms with Gasteiger partial charge in [0.05, 0.1) is 7.11 Å². The smallest absolute Gasteiger partial charge is 0.333 e. The van der Waals surface area contributed by atoms with Crippen molar-refractivity contribution in [1.29, 1.82) is 0 Å².